The van der Waals surface area contributed by atoms with Gasteiger partial charge >= 0.3 is 0 Å². The lowest BCUT2D eigenvalue weighted by molar-refractivity contribution is -0.153. The third kappa shape index (κ3) is 4.59. The molecule has 3 rings (SSSR count). The second-order valence-corrected chi connectivity index (χ2v) is 8.20. The van der Waals surface area contributed by atoms with Crippen molar-refractivity contribution in [2.24, 2.45) is 5.92 Å². The summed E-state index contributed by atoms with van der Waals surface area (Å²) in [6, 6.07) is 12.1. The molecule has 1 N–H and O–H groups in total. The van der Waals surface area contributed by atoms with Crippen molar-refractivity contribution in [3.63, 3.8) is 0 Å². The van der Waals surface area contributed by atoms with Crippen LogP contribution in [0.4, 0.5) is 0 Å². The van der Waals surface area contributed by atoms with Crippen LogP contribution in [0.2, 0.25) is 5.02 Å². The van der Waals surface area contributed by atoms with Gasteiger partial charge in [-0.1, -0.05) is 11.6 Å². The number of carbonyl (C=O) groups excluding carboxylic acids is 1. The summed E-state index contributed by atoms with van der Waals surface area (Å²) in [6.45, 7) is 0.724. The van der Waals surface area contributed by atoms with Gasteiger partial charge in [-0.25, -0.2) is 0 Å². The molecule has 1 amide bonds. The van der Waals surface area contributed by atoms with E-state index in [9.17, 15) is 18.4 Å². The highest BCUT2D eigenvalue weighted by atomic mass is 35.5. The minimum absolute atomic E-state index is 0.169. The first-order chi connectivity index (χ1) is 12.9. The lowest BCUT2D eigenvalue weighted by atomic mass is 10.00. The van der Waals surface area contributed by atoms with Gasteiger partial charge in [0.25, 0.3) is 15.9 Å². The molecule has 1 fully saturated rings. The number of hydrogen-bond acceptors (Lipinski definition) is 6. The van der Waals surface area contributed by atoms with Gasteiger partial charge in [0, 0.05) is 24.2 Å². The maximum absolute atomic E-state index is 12.5. The van der Waals surface area contributed by atoms with E-state index in [0.29, 0.717) is 42.6 Å². The number of hydrogen-bond donors (Lipinski definition) is 1. The molecule has 0 aromatic heterocycles. The largest absolute Gasteiger partial charge is 0.457 e. The molecule has 144 valence electrons. The van der Waals surface area contributed by atoms with Crippen LogP contribution in [0.25, 0.3) is 0 Å². The van der Waals surface area contributed by atoms with Gasteiger partial charge in [-0.05, 0) is 61.4 Å². The predicted molar refractivity (Wildman–Crippen MR) is 97.3 cm³/mol. The van der Waals surface area contributed by atoms with Crippen molar-refractivity contribution >= 4 is 27.5 Å². The summed E-state index contributed by atoms with van der Waals surface area (Å²) in [5, 5.41) is 10.6. The highest BCUT2D eigenvalue weighted by Gasteiger charge is 2.34. The van der Waals surface area contributed by atoms with Crippen LogP contribution in [0, 0.1) is 5.92 Å². The van der Waals surface area contributed by atoms with Gasteiger partial charge in [0.05, 0.1) is 4.90 Å². The molecule has 1 aliphatic heterocycles. The minimum atomic E-state index is -4.36. The molecule has 0 aliphatic carbocycles. The number of carbonyl (C=O) groups is 1. The Morgan fingerprint density at radius 1 is 1.04 bits per heavy atom. The fourth-order valence-corrected chi connectivity index (χ4v) is 3.83. The van der Waals surface area contributed by atoms with E-state index in [-0.39, 0.29) is 9.36 Å². The molecule has 2 aromatic carbocycles. The molecular formula is C18H18ClNO6S. The van der Waals surface area contributed by atoms with Gasteiger partial charge in [0.2, 0.25) is 0 Å². The topological polar surface area (TPSA) is 93.1 Å². The fraction of sp³-hybridized carbons (Fsp3) is 0.278. The molecule has 0 atom stereocenters. The predicted octanol–water partition coefficient (Wildman–Crippen LogP) is 3.47. The van der Waals surface area contributed by atoms with Gasteiger partial charge in [-0.15, -0.1) is 4.47 Å². The van der Waals surface area contributed by atoms with E-state index in [1.165, 1.54) is 24.3 Å². The fourth-order valence-electron chi connectivity index (χ4n) is 2.64. The zero-order valence-corrected chi connectivity index (χ0v) is 15.8. The van der Waals surface area contributed by atoms with Gasteiger partial charge in [-0.2, -0.15) is 8.42 Å². The molecular weight excluding hydrogens is 394 g/mol. The maximum atomic E-state index is 12.5. The Hall–Kier alpha value is -2.13. The van der Waals surface area contributed by atoms with Crippen molar-refractivity contribution in [2.75, 3.05) is 13.2 Å². The molecule has 7 nitrogen and oxygen atoms in total. The first kappa shape index (κ1) is 19.6. The summed E-state index contributed by atoms with van der Waals surface area (Å²) in [5.41, 5.74) is 0. The first-order valence-electron chi connectivity index (χ1n) is 8.27. The molecule has 0 bridgehead atoms. The smallest absolute Gasteiger partial charge is 0.289 e. The molecule has 9 heteroatoms. The molecule has 0 radical (unpaired) electrons. The molecule has 0 spiro atoms. The van der Waals surface area contributed by atoms with Crippen LogP contribution in [-0.4, -0.2) is 37.2 Å². The second-order valence-electron chi connectivity index (χ2n) is 6.00. The summed E-state index contributed by atoms with van der Waals surface area (Å²) in [5.74, 6) is -0.490. The van der Waals surface area contributed by atoms with E-state index >= 15 is 0 Å². The molecule has 1 heterocycles. The van der Waals surface area contributed by atoms with Crippen molar-refractivity contribution in [3.8, 4) is 11.5 Å². The van der Waals surface area contributed by atoms with E-state index in [1.807, 2.05) is 0 Å². The van der Waals surface area contributed by atoms with Crippen LogP contribution in [0.5, 0.6) is 11.5 Å². The highest BCUT2D eigenvalue weighted by Crippen LogP contribution is 2.26. The number of amides is 1. The maximum Gasteiger partial charge on any atom is 0.289 e. The van der Waals surface area contributed by atoms with Crippen LogP contribution in [0.3, 0.4) is 0 Å². The summed E-state index contributed by atoms with van der Waals surface area (Å²) >= 11 is 5.81. The van der Waals surface area contributed by atoms with Crippen LogP contribution in [0.1, 0.15) is 12.8 Å². The Balaban J connectivity index is 1.72. The number of nitrogens with zero attached hydrogens (tertiary/aromatic N) is 1. The second kappa shape index (κ2) is 8.26. The Bertz CT molecular complexity index is 892. The summed E-state index contributed by atoms with van der Waals surface area (Å²) < 4.78 is 35.6. The van der Waals surface area contributed by atoms with Gasteiger partial charge in [0.1, 0.15) is 11.5 Å². The lowest BCUT2D eigenvalue weighted by Gasteiger charge is -2.24. The van der Waals surface area contributed by atoms with Crippen molar-refractivity contribution in [1.82, 2.24) is 4.47 Å². The number of rotatable bonds is 5. The standard InChI is InChI=1S/C18H18ClNO6S/c19-14-1-3-15(4-2-14)26-16-5-7-17(8-6-16)27(23,24)20(22)18(21)13-9-11-25-12-10-13/h1-8,13,22H,9-12H2. The van der Waals surface area contributed by atoms with Crippen LogP contribution < -0.4 is 4.74 Å². The Morgan fingerprint density at radius 3 is 2.11 bits per heavy atom. The average molecular weight is 412 g/mol. The van der Waals surface area contributed by atoms with Crippen LogP contribution >= 0.6 is 11.6 Å². The number of benzene rings is 2. The molecule has 1 aliphatic rings. The van der Waals surface area contributed by atoms with Gasteiger partial charge < -0.3 is 9.47 Å². The molecule has 1 saturated heterocycles. The average Bonchev–Trinajstić information content (AvgIpc) is 2.69. The summed E-state index contributed by atoms with van der Waals surface area (Å²) in [7, 11) is -4.36. The highest BCUT2D eigenvalue weighted by molar-refractivity contribution is 7.89. The summed E-state index contributed by atoms with van der Waals surface area (Å²) in [6.07, 6.45) is 0.749. The van der Waals surface area contributed by atoms with Gasteiger partial charge in [0.15, 0.2) is 0 Å². The quantitative estimate of drug-likeness (QED) is 0.598. The van der Waals surface area contributed by atoms with E-state index in [4.69, 9.17) is 21.1 Å². The van der Waals surface area contributed by atoms with Gasteiger partial charge in [-0.3, -0.25) is 10.0 Å². The molecule has 2 aromatic rings. The van der Waals surface area contributed by atoms with E-state index in [1.54, 1.807) is 24.3 Å². The molecule has 27 heavy (non-hydrogen) atoms. The number of halogens is 1. The van der Waals surface area contributed by atoms with E-state index in [2.05, 4.69) is 0 Å². The van der Waals surface area contributed by atoms with Crippen molar-refractivity contribution < 1.29 is 27.9 Å². The third-order valence-electron chi connectivity index (χ3n) is 4.16. The number of ether oxygens (including phenoxy) is 2. The van der Waals surface area contributed by atoms with Crippen molar-refractivity contribution in [3.05, 3.63) is 53.6 Å². The van der Waals surface area contributed by atoms with Crippen molar-refractivity contribution in [2.45, 2.75) is 17.7 Å². The molecule has 0 unspecified atom stereocenters. The Kier molecular flexibility index (Phi) is 6.01. The first-order valence-corrected chi connectivity index (χ1v) is 10.1. The SMILES string of the molecule is O=C(C1CCOCC1)N(O)S(=O)(=O)c1ccc(Oc2ccc(Cl)cc2)cc1. The normalized spacial score (nSPS) is 15.3. The number of sulfonamides is 1. The zero-order valence-electron chi connectivity index (χ0n) is 14.2. The number of hydroxylamine groups is 1. The Morgan fingerprint density at radius 2 is 1.56 bits per heavy atom. The van der Waals surface area contributed by atoms with E-state index in [0.717, 1.165) is 0 Å². The monoisotopic (exact) mass is 411 g/mol. The van der Waals surface area contributed by atoms with E-state index < -0.39 is 21.8 Å². The third-order valence-corrected chi connectivity index (χ3v) is 5.91. The summed E-state index contributed by atoms with van der Waals surface area (Å²) in [4.78, 5) is 12.0. The van der Waals surface area contributed by atoms with Crippen molar-refractivity contribution in [1.29, 1.82) is 0 Å². The molecule has 0 saturated carbocycles. The zero-order chi connectivity index (χ0) is 19.4. The van der Waals surface area contributed by atoms with Crippen LogP contribution in [-0.2, 0) is 19.6 Å². The van der Waals surface area contributed by atoms with Crippen LogP contribution in [0.15, 0.2) is 53.4 Å². The minimum Gasteiger partial charge on any atom is -0.457 e. The lowest BCUT2D eigenvalue weighted by Crippen LogP contribution is -2.40. The Labute approximate surface area is 162 Å².